The van der Waals surface area contributed by atoms with E-state index in [2.05, 4.69) is 9.97 Å². The molecular formula is C24H18N2O8S. The highest BCUT2D eigenvalue weighted by Crippen LogP contribution is 2.35. The van der Waals surface area contributed by atoms with Crippen LogP contribution in [0.25, 0.3) is 44.0 Å². The van der Waals surface area contributed by atoms with Gasteiger partial charge in [-0.15, -0.1) is 11.3 Å². The van der Waals surface area contributed by atoms with Gasteiger partial charge in [-0.05, 0) is 6.07 Å². The van der Waals surface area contributed by atoms with Gasteiger partial charge in [0.1, 0.15) is 0 Å². The number of benzene rings is 2. The number of ether oxygens (including phenoxy) is 4. The molecule has 10 nitrogen and oxygen atoms in total. The van der Waals surface area contributed by atoms with Crippen LogP contribution in [-0.4, -0.2) is 38.4 Å². The SMILES string of the molecule is COc1cc2nc(-c3csc(-c4nc5cc(OC)c(OC)cc5c(=O)o4)c3)oc(=O)c2cc1OC. The minimum absolute atomic E-state index is 0.103. The number of fused-ring (bicyclic) bond motifs is 2. The predicted molar refractivity (Wildman–Crippen MR) is 129 cm³/mol. The molecule has 0 saturated carbocycles. The summed E-state index contributed by atoms with van der Waals surface area (Å²) in [6.07, 6.45) is 0. The third kappa shape index (κ3) is 3.85. The van der Waals surface area contributed by atoms with Crippen LogP contribution in [0.1, 0.15) is 0 Å². The lowest BCUT2D eigenvalue weighted by molar-refractivity contribution is 0.355. The van der Waals surface area contributed by atoms with Crippen LogP contribution < -0.4 is 30.2 Å². The molecule has 11 heteroatoms. The van der Waals surface area contributed by atoms with Crippen molar-refractivity contribution in [3.8, 4) is 45.2 Å². The zero-order valence-corrected chi connectivity index (χ0v) is 19.8. The molecule has 0 aliphatic carbocycles. The molecular weight excluding hydrogens is 476 g/mol. The number of rotatable bonds is 6. The van der Waals surface area contributed by atoms with Crippen LogP contribution in [0.4, 0.5) is 0 Å². The Kier molecular flexibility index (Phi) is 5.61. The minimum atomic E-state index is -0.574. The summed E-state index contributed by atoms with van der Waals surface area (Å²) in [4.78, 5) is 34.7. The van der Waals surface area contributed by atoms with E-state index in [0.717, 1.165) is 0 Å². The zero-order valence-electron chi connectivity index (χ0n) is 19.0. The molecule has 2 aromatic carbocycles. The minimum Gasteiger partial charge on any atom is -0.493 e. The van der Waals surface area contributed by atoms with Gasteiger partial charge in [-0.2, -0.15) is 0 Å². The number of aromatic nitrogens is 2. The smallest absolute Gasteiger partial charge is 0.347 e. The van der Waals surface area contributed by atoms with Crippen LogP contribution in [0.15, 0.2) is 54.1 Å². The van der Waals surface area contributed by atoms with Crippen molar-refractivity contribution in [2.75, 3.05) is 28.4 Å². The normalized spacial score (nSPS) is 11.1. The highest BCUT2D eigenvalue weighted by molar-refractivity contribution is 7.13. The van der Waals surface area contributed by atoms with Gasteiger partial charge < -0.3 is 27.8 Å². The quantitative estimate of drug-likeness (QED) is 0.340. The highest BCUT2D eigenvalue weighted by atomic mass is 32.1. The molecule has 0 fully saturated rings. The van der Waals surface area contributed by atoms with Gasteiger partial charge in [-0.1, -0.05) is 0 Å². The molecule has 0 amide bonds. The van der Waals surface area contributed by atoms with Crippen molar-refractivity contribution in [3.05, 3.63) is 56.6 Å². The fourth-order valence-electron chi connectivity index (χ4n) is 3.59. The van der Waals surface area contributed by atoms with Crippen LogP contribution in [0, 0.1) is 0 Å². The Hall–Kier alpha value is -4.38. The average molecular weight is 494 g/mol. The van der Waals surface area contributed by atoms with Crippen molar-refractivity contribution in [2.45, 2.75) is 0 Å². The second-order valence-electron chi connectivity index (χ2n) is 7.26. The van der Waals surface area contributed by atoms with Crippen LogP contribution >= 0.6 is 11.3 Å². The molecule has 5 aromatic rings. The van der Waals surface area contributed by atoms with Gasteiger partial charge >= 0.3 is 11.3 Å². The lowest BCUT2D eigenvalue weighted by Gasteiger charge is -2.08. The summed E-state index contributed by atoms with van der Waals surface area (Å²) in [5, 5.41) is 2.25. The summed E-state index contributed by atoms with van der Waals surface area (Å²) in [5.74, 6) is 1.87. The highest BCUT2D eigenvalue weighted by Gasteiger charge is 2.18. The second kappa shape index (κ2) is 8.76. The fourth-order valence-corrected chi connectivity index (χ4v) is 4.39. The molecule has 0 unspecified atom stereocenters. The van der Waals surface area contributed by atoms with E-state index in [-0.39, 0.29) is 22.6 Å². The van der Waals surface area contributed by atoms with Gasteiger partial charge in [-0.25, -0.2) is 19.6 Å². The summed E-state index contributed by atoms with van der Waals surface area (Å²) < 4.78 is 32.0. The number of nitrogens with zero attached hydrogens (tertiary/aromatic N) is 2. The Morgan fingerprint density at radius 1 is 0.657 bits per heavy atom. The molecule has 3 aromatic heterocycles. The first-order valence-corrected chi connectivity index (χ1v) is 11.1. The molecule has 0 bridgehead atoms. The van der Waals surface area contributed by atoms with Gasteiger partial charge in [0.2, 0.25) is 11.8 Å². The monoisotopic (exact) mass is 494 g/mol. The largest absolute Gasteiger partial charge is 0.493 e. The van der Waals surface area contributed by atoms with Crippen LogP contribution in [0.5, 0.6) is 23.0 Å². The Balaban J connectivity index is 1.59. The Morgan fingerprint density at radius 2 is 1.11 bits per heavy atom. The fraction of sp³-hybridized carbons (Fsp3) is 0.167. The van der Waals surface area contributed by atoms with Crippen molar-refractivity contribution in [2.24, 2.45) is 0 Å². The Labute approximate surface area is 201 Å². The van der Waals surface area contributed by atoms with Crippen molar-refractivity contribution in [1.29, 1.82) is 0 Å². The Morgan fingerprint density at radius 3 is 1.63 bits per heavy atom. The van der Waals surface area contributed by atoms with Gasteiger partial charge in [0.25, 0.3) is 0 Å². The number of thiophene rings is 1. The Bertz CT molecular complexity index is 1580. The summed E-state index contributed by atoms with van der Waals surface area (Å²) in [6, 6.07) is 7.93. The van der Waals surface area contributed by atoms with Crippen molar-refractivity contribution >= 4 is 33.1 Å². The molecule has 0 aliphatic rings. The van der Waals surface area contributed by atoms with Gasteiger partial charge in [0, 0.05) is 35.2 Å². The van der Waals surface area contributed by atoms with E-state index in [1.165, 1.54) is 51.9 Å². The number of hydrogen-bond acceptors (Lipinski definition) is 11. The molecule has 35 heavy (non-hydrogen) atoms. The molecule has 0 aliphatic heterocycles. The third-order valence-electron chi connectivity index (χ3n) is 5.32. The van der Waals surface area contributed by atoms with E-state index in [9.17, 15) is 9.59 Å². The maximum Gasteiger partial charge on any atom is 0.347 e. The molecule has 0 spiro atoms. The number of hydrogen-bond donors (Lipinski definition) is 0. The molecule has 5 rings (SSSR count). The lowest BCUT2D eigenvalue weighted by atomic mass is 10.2. The van der Waals surface area contributed by atoms with Crippen LogP contribution in [0.3, 0.4) is 0 Å². The average Bonchev–Trinajstić information content (AvgIpc) is 3.37. The van der Waals surface area contributed by atoms with Crippen LogP contribution in [-0.2, 0) is 0 Å². The van der Waals surface area contributed by atoms with E-state index in [1.807, 2.05) is 0 Å². The standard InChI is InChI=1S/C24H18N2O8S/c1-29-16-6-12-14(8-18(16)31-3)25-21(33-23(12)27)11-5-20(35-10-11)22-26-15-9-19(32-4)17(30-2)7-13(15)24(28)34-22/h5-10H,1-4H3. The van der Waals surface area contributed by atoms with Crippen molar-refractivity contribution in [1.82, 2.24) is 9.97 Å². The zero-order chi connectivity index (χ0) is 24.7. The first-order chi connectivity index (χ1) is 16.9. The van der Waals surface area contributed by atoms with Gasteiger partial charge in [0.05, 0.1) is 55.1 Å². The van der Waals surface area contributed by atoms with E-state index in [1.54, 1.807) is 23.6 Å². The van der Waals surface area contributed by atoms with Gasteiger partial charge in [0.15, 0.2) is 23.0 Å². The molecule has 0 atom stereocenters. The first-order valence-electron chi connectivity index (χ1n) is 10.2. The molecule has 0 saturated heterocycles. The predicted octanol–water partition coefficient (Wildman–Crippen LogP) is 4.12. The lowest BCUT2D eigenvalue weighted by Crippen LogP contribution is -2.04. The van der Waals surface area contributed by atoms with E-state index >= 15 is 0 Å². The summed E-state index contributed by atoms with van der Waals surface area (Å²) >= 11 is 1.26. The number of methoxy groups -OCH3 is 4. The maximum absolute atomic E-state index is 12.6. The molecule has 0 radical (unpaired) electrons. The van der Waals surface area contributed by atoms with E-state index < -0.39 is 11.3 Å². The summed E-state index contributed by atoms with van der Waals surface area (Å²) in [5.41, 5.74) is 0.154. The summed E-state index contributed by atoms with van der Waals surface area (Å²) in [7, 11) is 5.95. The first kappa shape index (κ1) is 22.4. The molecule has 178 valence electrons. The van der Waals surface area contributed by atoms with Crippen LogP contribution in [0.2, 0.25) is 0 Å². The maximum atomic E-state index is 12.6. The molecule has 0 N–H and O–H groups in total. The van der Waals surface area contributed by atoms with Crippen molar-refractivity contribution in [3.63, 3.8) is 0 Å². The van der Waals surface area contributed by atoms with Crippen molar-refractivity contribution < 1.29 is 27.8 Å². The summed E-state index contributed by atoms with van der Waals surface area (Å²) in [6.45, 7) is 0. The van der Waals surface area contributed by atoms with Gasteiger partial charge in [-0.3, -0.25) is 0 Å². The second-order valence-corrected chi connectivity index (χ2v) is 8.17. The third-order valence-corrected chi connectivity index (χ3v) is 6.24. The van der Waals surface area contributed by atoms with E-state index in [4.69, 9.17) is 27.8 Å². The topological polar surface area (TPSA) is 123 Å². The molecule has 3 heterocycles. The van der Waals surface area contributed by atoms with E-state index in [0.29, 0.717) is 44.5 Å².